The molecule has 0 N–H and O–H groups in total. The molecule has 0 aliphatic heterocycles. The van der Waals surface area contributed by atoms with E-state index in [0.29, 0.717) is 0 Å². The predicted molar refractivity (Wildman–Crippen MR) is 66.0 cm³/mol. The molecule has 0 amide bonds. The number of hydrogen-bond donors (Lipinski definition) is 0. The van der Waals surface area contributed by atoms with E-state index in [1.807, 2.05) is 0 Å². The van der Waals surface area contributed by atoms with Crippen LogP contribution in [-0.4, -0.2) is 5.97 Å². The minimum absolute atomic E-state index is 0. The predicted octanol–water partition coefficient (Wildman–Crippen LogP) is 3.21. The van der Waals surface area contributed by atoms with E-state index in [4.69, 9.17) is 0 Å². The third kappa shape index (κ3) is 18.5. The molecule has 0 bridgehead atoms. The zero-order valence-electron chi connectivity index (χ0n) is 10.8. The third-order valence-corrected chi connectivity index (χ3v) is 2.64. The normalized spacial score (nSPS) is 10.4. The van der Waals surface area contributed by atoms with Crippen molar-refractivity contribution in [3.63, 3.8) is 0 Å². The van der Waals surface area contributed by atoms with Crippen LogP contribution in [-0.2, 0) is 27.2 Å². The first-order valence-corrected chi connectivity index (χ1v) is 6.62. The summed E-state index contributed by atoms with van der Waals surface area (Å²) >= 11 is 0. The Balaban J connectivity index is 0. The van der Waals surface area contributed by atoms with Crippen LogP contribution in [0.15, 0.2) is 12.2 Å². The maximum atomic E-state index is 10.1. The SMILES string of the molecule is CCCCC=CCCCCCCCC(=O)[O-].[Ag+]. The molecular formula is C14H25AgO2. The van der Waals surface area contributed by atoms with Gasteiger partial charge in [-0.2, -0.15) is 0 Å². The first kappa shape index (κ1) is 19.3. The van der Waals surface area contributed by atoms with E-state index < -0.39 is 5.97 Å². The Morgan fingerprint density at radius 3 is 2.06 bits per heavy atom. The van der Waals surface area contributed by atoms with Gasteiger partial charge in [0, 0.05) is 5.97 Å². The number of carboxylic acid groups (broad SMARTS) is 1. The van der Waals surface area contributed by atoms with Crippen molar-refractivity contribution in [1.82, 2.24) is 0 Å². The second-order valence-electron chi connectivity index (χ2n) is 4.29. The fourth-order valence-electron chi connectivity index (χ4n) is 1.62. The Hall–Kier alpha value is -0.0497. The number of carbonyl (C=O) groups is 1. The van der Waals surface area contributed by atoms with Gasteiger partial charge in [0.2, 0.25) is 0 Å². The number of allylic oxidation sites excluding steroid dienone is 2. The van der Waals surface area contributed by atoms with Gasteiger partial charge in [0.25, 0.3) is 0 Å². The number of rotatable bonds is 11. The van der Waals surface area contributed by atoms with Gasteiger partial charge in [-0.25, -0.2) is 0 Å². The number of hydrogen-bond acceptors (Lipinski definition) is 2. The maximum Gasteiger partial charge on any atom is 1.00 e. The van der Waals surface area contributed by atoms with E-state index in [-0.39, 0.29) is 28.8 Å². The van der Waals surface area contributed by atoms with Gasteiger partial charge in [-0.15, -0.1) is 0 Å². The fraction of sp³-hybridized carbons (Fsp3) is 0.786. The van der Waals surface area contributed by atoms with E-state index in [2.05, 4.69) is 19.1 Å². The molecule has 0 radical (unpaired) electrons. The summed E-state index contributed by atoms with van der Waals surface area (Å²) in [5, 5.41) is 10.1. The van der Waals surface area contributed by atoms with E-state index in [0.717, 1.165) is 19.3 Å². The Morgan fingerprint density at radius 2 is 1.47 bits per heavy atom. The van der Waals surface area contributed by atoms with Gasteiger partial charge in [-0.3, -0.25) is 0 Å². The summed E-state index contributed by atoms with van der Waals surface area (Å²) in [6.45, 7) is 2.21. The molecule has 0 aromatic heterocycles. The molecule has 0 fully saturated rings. The minimum atomic E-state index is -0.918. The Kier molecular flexibility index (Phi) is 18.1. The summed E-state index contributed by atoms with van der Waals surface area (Å²) in [4.78, 5) is 10.1. The van der Waals surface area contributed by atoms with Crippen molar-refractivity contribution >= 4 is 5.97 Å². The molecule has 17 heavy (non-hydrogen) atoms. The van der Waals surface area contributed by atoms with E-state index in [1.165, 1.54) is 38.5 Å². The van der Waals surface area contributed by atoms with Gasteiger partial charge in [0.15, 0.2) is 0 Å². The molecule has 0 aromatic rings. The summed E-state index contributed by atoms with van der Waals surface area (Å²) in [5.41, 5.74) is 0. The van der Waals surface area contributed by atoms with Gasteiger partial charge < -0.3 is 9.90 Å². The molecule has 3 heteroatoms. The molecular weight excluding hydrogens is 308 g/mol. The molecule has 0 aliphatic rings. The fourth-order valence-corrected chi connectivity index (χ4v) is 1.62. The molecule has 0 aliphatic carbocycles. The zero-order valence-corrected chi connectivity index (χ0v) is 12.3. The van der Waals surface area contributed by atoms with Crippen molar-refractivity contribution < 1.29 is 32.3 Å². The molecule has 0 aromatic carbocycles. The number of carboxylic acids is 1. The summed E-state index contributed by atoms with van der Waals surface area (Å²) in [7, 11) is 0. The molecule has 2 nitrogen and oxygen atoms in total. The summed E-state index contributed by atoms with van der Waals surface area (Å²) < 4.78 is 0. The maximum absolute atomic E-state index is 10.1. The van der Waals surface area contributed by atoms with Crippen molar-refractivity contribution in [2.75, 3.05) is 0 Å². The summed E-state index contributed by atoms with van der Waals surface area (Å²) in [6, 6.07) is 0. The average Bonchev–Trinajstić information content (AvgIpc) is 2.25. The van der Waals surface area contributed by atoms with Gasteiger partial charge in [0.05, 0.1) is 0 Å². The summed E-state index contributed by atoms with van der Waals surface area (Å²) in [5.74, 6) is -0.918. The molecule has 0 spiro atoms. The van der Waals surface area contributed by atoms with Crippen molar-refractivity contribution in [1.29, 1.82) is 0 Å². The average molecular weight is 333 g/mol. The first-order valence-electron chi connectivity index (χ1n) is 6.62. The smallest absolute Gasteiger partial charge is 0.550 e. The van der Waals surface area contributed by atoms with Crippen molar-refractivity contribution in [3.8, 4) is 0 Å². The second kappa shape index (κ2) is 16.0. The Labute approximate surface area is 121 Å². The van der Waals surface area contributed by atoms with E-state index in [9.17, 15) is 9.90 Å². The van der Waals surface area contributed by atoms with Crippen LogP contribution in [0.25, 0.3) is 0 Å². The molecule has 0 saturated heterocycles. The van der Waals surface area contributed by atoms with Gasteiger partial charge in [0.1, 0.15) is 0 Å². The van der Waals surface area contributed by atoms with E-state index >= 15 is 0 Å². The number of carbonyl (C=O) groups excluding carboxylic acids is 1. The minimum Gasteiger partial charge on any atom is -0.550 e. The number of aliphatic carboxylic acids is 1. The van der Waals surface area contributed by atoms with E-state index in [1.54, 1.807) is 0 Å². The van der Waals surface area contributed by atoms with Crippen molar-refractivity contribution in [3.05, 3.63) is 12.2 Å². The van der Waals surface area contributed by atoms with Crippen LogP contribution in [0, 0.1) is 0 Å². The molecule has 0 saturated carbocycles. The topological polar surface area (TPSA) is 40.1 Å². The number of unbranched alkanes of at least 4 members (excludes halogenated alkanes) is 7. The van der Waals surface area contributed by atoms with Crippen LogP contribution in [0.5, 0.6) is 0 Å². The van der Waals surface area contributed by atoms with Crippen molar-refractivity contribution in [2.45, 2.75) is 71.1 Å². The molecule has 104 valence electrons. The van der Waals surface area contributed by atoms with Gasteiger partial charge in [-0.05, 0) is 32.1 Å². The van der Waals surface area contributed by atoms with Crippen LogP contribution < -0.4 is 5.11 Å². The zero-order chi connectivity index (χ0) is 12.1. The first-order chi connectivity index (χ1) is 7.77. The van der Waals surface area contributed by atoms with Crippen molar-refractivity contribution in [2.24, 2.45) is 0 Å². The molecule has 0 unspecified atom stereocenters. The van der Waals surface area contributed by atoms with Crippen LogP contribution >= 0.6 is 0 Å². The Morgan fingerprint density at radius 1 is 0.941 bits per heavy atom. The standard InChI is InChI=1S/C14H26O2.Ag/c1-2-3-4-5-6-7-8-9-10-11-12-13-14(15)16;/h5-6H,2-4,7-13H2,1H3,(H,15,16);/q;+1/p-1. The molecule has 0 atom stereocenters. The van der Waals surface area contributed by atoms with Gasteiger partial charge >= 0.3 is 22.4 Å². The largest absolute Gasteiger partial charge is 1.00 e. The third-order valence-electron chi connectivity index (χ3n) is 2.64. The Bertz CT molecular complexity index is 191. The van der Waals surface area contributed by atoms with Crippen LogP contribution in [0.3, 0.4) is 0 Å². The molecule has 0 heterocycles. The van der Waals surface area contributed by atoms with Gasteiger partial charge in [-0.1, -0.05) is 51.2 Å². The van der Waals surface area contributed by atoms with Crippen LogP contribution in [0.1, 0.15) is 71.1 Å². The van der Waals surface area contributed by atoms with Crippen LogP contribution in [0.4, 0.5) is 0 Å². The second-order valence-corrected chi connectivity index (χ2v) is 4.29. The summed E-state index contributed by atoms with van der Waals surface area (Å²) in [6.07, 6.45) is 15.1. The quantitative estimate of drug-likeness (QED) is 0.331. The van der Waals surface area contributed by atoms with Crippen LogP contribution in [0.2, 0.25) is 0 Å². The molecule has 0 rings (SSSR count). The monoisotopic (exact) mass is 332 g/mol.